The van der Waals surface area contributed by atoms with Gasteiger partial charge in [0.1, 0.15) is 0 Å². The van der Waals surface area contributed by atoms with Gasteiger partial charge in [0.2, 0.25) is 0 Å². The van der Waals surface area contributed by atoms with Crippen molar-refractivity contribution in [1.82, 2.24) is 10.2 Å². The van der Waals surface area contributed by atoms with E-state index in [1.165, 1.54) is 10.0 Å². The molecule has 0 bridgehead atoms. The second kappa shape index (κ2) is 7.85. The molecule has 0 aliphatic heterocycles. The van der Waals surface area contributed by atoms with Crippen LogP contribution in [0.15, 0.2) is 28.7 Å². The van der Waals surface area contributed by atoms with Crippen LogP contribution in [-0.2, 0) is 0 Å². The second-order valence-electron chi connectivity index (χ2n) is 4.22. The van der Waals surface area contributed by atoms with Crippen LogP contribution in [0.25, 0.3) is 0 Å². The Bertz CT molecular complexity index is 324. The number of rotatable bonds is 7. The molecular weight excluding hydrogens is 276 g/mol. The highest BCUT2D eigenvalue weighted by atomic mass is 79.9. The first-order valence-corrected chi connectivity index (χ1v) is 7.18. The van der Waals surface area contributed by atoms with E-state index in [1.54, 1.807) is 0 Å². The van der Waals surface area contributed by atoms with Crippen LogP contribution < -0.4 is 5.32 Å². The topological polar surface area (TPSA) is 15.3 Å². The molecule has 0 radical (unpaired) electrons. The Morgan fingerprint density at radius 3 is 2.47 bits per heavy atom. The Kier molecular flexibility index (Phi) is 6.78. The van der Waals surface area contributed by atoms with Gasteiger partial charge < -0.3 is 10.2 Å². The quantitative estimate of drug-likeness (QED) is 0.829. The molecule has 0 fully saturated rings. The van der Waals surface area contributed by atoms with E-state index in [9.17, 15) is 0 Å². The zero-order valence-electron chi connectivity index (χ0n) is 11.0. The zero-order chi connectivity index (χ0) is 12.7. The van der Waals surface area contributed by atoms with E-state index < -0.39 is 0 Å². The van der Waals surface area contributed by atoms with Gasteiger partial charge in [0.05, 0.1) is 0 Å². The summed E-state index contributed by atoms with van der Waals surface area (Å²) >= 11 is 3.59. The highest BCUT2D eigenvalue weighted by molar-refractivity contribution is 9.10. The Morgan fingerprint density at radius 1 is 1.24 bits per heavy atom. The molecule has 0 aromatic heterocycles. The predicted molar refractivity (Wildman–Crippen MR) is 78.3 cm³/mol. The van der Waals surface area contributed by atoms with Gasteiger partial charge in [-0.15, -0.1) is 0 Å². The third kappa shape index (κ3) is 4.78. The number of nitrogens with one attached hydrogen (secondary N) is 1. The molecule has 3 heteroatoms. The summed E-state index contributed by atoms with van der Waals surface area (Å²) in [5, 5.41) is 3.57. The zero-order valence-corrected chi connectivity index (χ0v) is 12.6. The number of benzene rings is 1. The molecule has 1 aromatic rings. The maximum absolute atomic E-state index is 3.59. The molecule has 0 aliphatic rings. The predicted octanol–water partition coefficient (Wildman–Crippen LogP) is 3.44. The summed E-state index contributed by atoms with van der Waals surface area (Å²) in [5.74, 6) is 0. The molecule has 96 valence electrons. The maximum Gasteiger partial charge on any atom is 0.0303 e. The van der Waals surface area contributed by atoms with Gasteiger partial charge in [-0.3, -0.25) is 0 Å². The van der Waals surface area contributed by atoms with Crippen molar-refractivity contribution in [3.63, 3.8) is 0 Å². The average Bonchev–Trinajstić information content (AvgIpc) is 2.35. The van der Waals surface area contributed by atoms with E-state index in [0.29, 0.717) is 6.04 Å². The summed E-state index contributed by atoms with van der Waals surface area (Å²) < 4.78 is 1.18. The minimum atomic E-state index is 0.390. The number of hydrogen-bond acceptors (Lipinski definition) is 2. The molecule has 0 saturated heterocycles. The molecule has 1 atom stereocenters. The molecule has 0 aliphatic carbocycles. The second-order valence-corrected chi connectivity index (χ2v) is 5.08. The number of nitrogens with zero attached hydrogens (tertiary/aromatic N) is 1. The van der Waals surface area contributed by atoms with Crippen LogP contribution in [0.1, 0.15) is 32.4 Å². The van der Waals surface area contributed by atoms with Gasteiger partial charge in [-0.1, -0.05) is 48.0 Å². The Hall–Kier alpha value is -0.380. The van der Waals surface area contributed by atoms with Crippen molar-refractivity contribution >= 4 is 15.9 Å². The normalized spacial score (nSPS) is 13.0. The molecule has 0 saturated carbocycles. The molecule has 1 unspecified atom stereocenters. The summed E-state index contributed by atoms with van der Waals surface area (Å²) in [5.41, 5.74) is 1.33. The third-order valence-electron chi connectivity index (χ3n) is 3.14. The summed E-state index contributed by atoms with van der Waals surface area (Å²) in [6.07, 6.45) is 0. The lowest BCUT2D eigenvalue weighted by Gasteiger charge is -2.21. The Labute approximate surface area is 114 Å². The van der Waals surface area contributed by atoms with Crippen molar-refractivity contribution in [2.24, 2.45) is 0 Å². The van der Waals surface area contributed by atoms with Gasteiger partial charge in [0, 0.05) is 23.6 Å². The van der Waals surface area contributed by atoms with Gasteiger partial charge >= 0.3 is 0 Å². The lowest BCUT2D eigenvalue weighted by atomic mass is 10.1. The van der Waals surface area contributed by atoms with Crippen LogP contribution in [0, 0.1) is 0 Å². The van der Waals surface area contributed by atoms with Crippen molar-refractivity contribution in [1.29, 1.82) is 0 Å². The van der Waals surface area contributed by atoms with Crippen LogP contribution in [-0.4, -0.2) is 31.1 Å². The monoisotopic (exact) mass is 298 g/mol. The van der Waals surface area contributed by atoms with Crippen LogP contribution in [0.4, 0.5) is 0 Å². The minimum Gasteiger partial charge on any atom is -0.309 e. The SMILES string of the molecule is CCN(CC)CCNC(C)c1ccccc1Br. The fraction of sp³-hybridized carbons (Fsp3) is 0.571. The van der Waals surface area contributed by atoms with Crippen LogP contribution >= 0.6 is 15.9 Å². The minimum absolute atomic E-state index is 0.390. The largest absolute Gasteiger partial charge is 0.309 e. The first kappa shape index (κ1) is 14.7. The van der Waals surface area contributed by atoms with Crippen molar-refractivity contribution in [3.05, 3.63) is 34.3 Å². The Balaban J connectivity index is 2.40. The molecule has 17 heavy (non-hydrogen) atoms. The first-order chi connectivity index (χ1) is 8.19. The van der Waals surface area contributed by atoms with Gasteiger partial charge in [0.25, 0.3) is 0 Å². The first-order valence-electron chi connectivity index (χ1n) is 6.39. The maximum atomic E-state index is 3.59. The van der Waals surface area contributed by atoms with E-state index in [0.717, 1.165) is 26.2 Å². The van der Waals surface area contributed by atoms with Gasteiger partial charge in [-0.2, -0.15) is 0 Å². The van der Waals surface area contributed by atoms with Crippen molar-refractivity contribution in [2.75, 3.05) is 26.2 Å². The fourth-order valence-corrected chi connectivity index (χ4v) is 2.54. The number of likely N-dealkylation sites (N-methyl/N-ethyl adjacent to an activating group) is 1. The van der Waals surface area contributed by atoms with Gasteiger partial charge in [-0.25, -0.2) is 0 Å². The van der Waals surface area contributed by atoms with Crippen LogP contribution in [0.3, 0.4) is 0 Å². The van der Waals surface area contributed by atoms with E-state index in [2.05, 4.69) is 71.2 Å². The van der Waals surface area contributed by atoms with E-state index in [-0.39, 0.29) is 0 Å². The summed E-state index contributed by atoms with van der Waals surface area (Å²) in [7, 11) is 0. The molecule has 1 aromatic carbocycles. The van der Waals surface area contributed by atoms with Crippen molar-refractivity contribution < 1.29 is 0 Å². The van der Waals surface area contributed by atoms with Crippen molar-refractivity contribution in [3.8, 4) is 0 Å². The Morgan fingerprint density at radius 2 is 1.88 bits per heavy atom. The van der Waals surface area contributed by atoms with E-state index >= 15 is 0 Å². The summed E-state index contributed by atoms with van der Waals surface area (Å²) in [6, 6.07) is 8.79. The van der Waals surface area contributed by atoms with E-state index in [1.807, 2.05) is 0 Å². The van der Waals surface area contributed by atoms with Crippen molar-refractivity contribution in [2.45, 2.75) is 26.8 Å². The third-order valence-corrected chi connectivity index (χ3v) is 3.87. The highest BCUT2D eigenvalue weighted by Crippen LogP contribution is 2.22. The lowest BCUT2D eigenvalue weighted by molar-refractivity contribution is 0.298. The molecule has 0 spiro atoms. The lowest BCUT2D eigenvalue weighted by Crippen LogP contribution is -2.33. The number of halogens is 1. The average molecular weight is 299 g/mol. The number of hydrogen-bond donors (Lipinski definition) is 1. The molecule has 2 nitrogen and oxygen atoms in total. The molecule has 1 rings (SSSR count). The van der Waals surface area contributed by atoms with Crippen LogP contribution in [0.2, 0.25) is 0 Å². The fourth-order valence-electron chi connectivity index (χ4n) is 1.92. The smallest absolute Gasteiger partial charge is 0.0303 e. The summed E-state index contributed by atoms with van der Waals surface area (Å²) in [6.45, 7) is 11.0. The molecule has 1 N–H and O–H groups in total. The summed E-state index contributed by atoms with van der Waals surface area (Å²) in [4.78, 5) is 2.43. The van der Waals surface area contributed by atoms with E-state index in [4.69, 9.17) is 0 Å². The van der Waals surface area contributed by atoms with Crippen LogP contribution in [0.5, 0.6) is 0 Å². The highest BCUT2D eigenvalue weighted by Gasteiger charge is 2.08. The molecule has 0 heterocycles. The molecular formula is C14H23BrN2. The van der Waals surface area contributed by atoms with Gasteiger partial charge in [-0.05, 0) is 31.6 Å². The standard InChI is InChI=1S/C14H23BrN2/c1-4-17(5-2)11-10-16-12(3)13-8-6-7-9-14(13)15/h6-9,12,16H,4-5,10-11H2,1-3H3. The molecule has 0 amide bonds. The van der Waals surface area contributed by atoms with Gasteiger partial charge in [0.15, 0.2) is 0 Å².